The van der Waals surface area contributed by atoms with Gasteiger partial charge >= 0.3 is 0 Å². The highest BCUT2D eigenvalue weighted by molar-refractivity contribution is 6.13. The lowest BCUT2D eigenvalue weighted by Crippen LogP contribution is -2.23. The Morgan fingerprint density at radius 2 is 0.821 bits per heavy atom. The first kappa shape index (κ1) is 28.8. The molecule has 2 heterocycles. The van der Waals surface area contributed by atoms with Crippen molar-refractivity contribution in [3.63, 3.8) is 0 Å². The predicted molar refractivity (Wildman–Crippen MR) is 238 cm³/mol. The lowest BCUT2D eigenvalue weighted by Gasteiger charge is -2.32. The van der Waals surface area contributed by atoms with E-state index in [1.54, 1.807) is 0 Å². The van der Waals surface area contributed by atoms with Gasteiger partial charge in [-0.1, -0.05) is 167 Å². The minimum atomic E-state index is -0.403. The van der Waals surface area contributed by atoms with E-state index in [4.69, 9.17) is 6.85 Å². The number of aromatic nitrogens is 2. The van der Waals surface area contributed by atoms with Gasteiger partial charge in [-0.3, -0.25) is 0 Å². The van der Waals surface area contributed by atoms with Gasteiger partial charge < -0.3 is 9.13 Å². The van der Waals surface area contributed by atoms with Crippen molar-refractivity contribution in [2.45, 2.75) is 38.5 Å². The summed E-state index contributed by atoms with van der Waals surface area (Å²) in [6.45, 7) is 9.15. The average Bonchev–Trinajstić information content (AvgIpc) is 3.80. The van der Waals surface area contributed by atoms with E-state index in [-0.39, 0.29) is 40.6 Å². The molecule has 0 bridgehead atoms. The molecule has 270 valence electrons. The van der Waals surface area contributed by atoms with Gasteiger partial charge in [0.05, 0.1) is 28.9 Å². The molecule has 0 saturated heterocycles. The molecule has 0 saturated carbocycles. The topological polar surface area (TPSA) is 9.86 Å². The van der Waals surface area contributed by atoms with Crippen molar-refractivity contribution in [2.75, 3.05) is 0 Å². The first-order chi connectivity index (χ1) is 29.4. The number of hydrogen-bond donors (Lipinski definition) is 0. The SMILES string of the molecule is [2H]c1c([2H])c([2H])c(-c2ccc3c(c2)c2cc(-n4c5ccccc5c5ccccc54)ccc2n3-c2cc(C(C)(C)c3ccccc3)cc(C(C)(C)c3ccccc3)c2)c([2H])c1[2H]. The molecule has 0 unspecified atom stereocenters. The van der Waals surface area contributed by atoms with E-state index >= 15 is 0 Å². The fraction of sp³-hybridized carbons (Fsp3) is 0.111. The Hall–Kier alpha value is -6.64. The monoisotopic (exact) mass is 725 g/mol. The first-order valence-corrected chi connectivity index (χ1v) is 19.3. The molecule has 0 spiro atoms. The van der Waals surface area contributed by atoms with Gasteiger partial charge in [0.1, 0.15) is 0 Å². The van der Waals surface area contributed by atoms with Gasteiger partial charge in [-0.25, -0.2) is 0 Å². The molecule has 0 atom stereocenters. The van der Waals surface area contributed by atoms with Crippen molar-refractivity contribution in [3.05, 3.63) is 216 Å². The molecule has 8 aromatic carbocycles. The molecule has 0 aliphatic carbocycles. The molecule has 0 aliphatic rings. The summed E-state index contributed by atoms with van der Waals surface area (Å²) in [5.41, 5.74) is 11.1. The second-order valence-corrected chi connectivity index (χ2v) is 15.9. The largest absolute Gasteiger partial charge is 0.309 e. The normalized spacial score (nSPS) is 13.5. The van der Waals surface area contributed by atoms with E-state index in [2.05, 4.69) is 182 Å². The first-order valence-electron chi connectivity index (χ1n) is 21.8. The quantitative estimate of drug-likeness (QED) is 0.155. The summed E-state index contributed by atoms with van der Waals surface area (Å²) in [6, 6.07) is 56.4. The van der Waals surface area contributed by atoms with E-state index in [1.165, 1.54) is 33.0 Å². The summed E-state index contributed by atoms with van der Waals surface area (Å²) in [4.78, 5) is 0. The maximum atomic E-state index is 8.89. The van der Waals surface area contributed by atoms with Crippen LogP contribution in [0.15, 0.2) is 194 Å². The Morgan fingerprint density at radius 3 is 1.39 bits per heavy atom. The molecule has 0 radical (unpaired) electrons. The summed E-state index contributed by atoms with van der Waals surface area (Å²) in [5.74, 6) is 0. The predicted octanol–water partition coefficient (Wildman–Crippen LogP) is 14.2. The molecule has 2 nitrogen and oxygen atoms in total. The summed E-state index contributed by atoms with van der Waals surface area (Å²) in [5, 5.41) is 4.25. The third-order valence-electron chi connectivity index (χ3n) is 12.0. The van der Waals surface area contributed by atoms with E-state index < -0.39 is 6.04 Å². The van der Waals surface area contributed by atoms with E-state index in [0.29, 0.717) is 5.56 Å². The minimum Gasteiger partial charge on any atom is -0.309 e. The second kappa shape index (κ2) is 13.0. The van der Waals surface area contributed by atoms with Crippen LogP contribution in [0.1, 0.15) is 56.8 Å². The summed E-state index contributed by atoms with van der Waals surface area (Å²) in [7, 11) is 0. The molecule has 56 heavy (non-hydrogen) atoms. The number of fused-ring (bicyclic) bond motifs is 6. The van der Waals surface area contributed by atoms with Crippen LogP contribution in [-0.2, 0) is 10.8 Å². The Labute approximate surface area is 335 Å². The number of nitrogens with zero attached hydrogens (tertiary/aromatic N) is 2. The van der Waals surface area contributed by atoms with Gasteiger partial charge in [0.2, 0.25) is 0 Å². The Morgan fingerprint density at radius 1 is 0.357 bits per heavy atom. The molecule has 2 heteroatoms. The zero-order valence-corrected chi connectivity index (χ0v) is 32.0. The van der Waals surface area contributed by atoms with Crippen LogP contribution in [0.2, 0.25) is 0 Å². The Bertz CT molecular complexity index is 3210. The van der Waals surface area contributed by atoms with Crippen LogP contribution in [-0.4, -0.2) is 9.13 Å². The maximum absolute atomic E-state index is 8.89. The van der Waals surface area contributed by atoms with E-state index in [0.717, 1.165) is 44.2 Å². The zero-order valence-electron chi connectivity index (χ0n) is 37.0. The third-order valence-corrected chi connectivity index (χ3v) is 12.0. The molecule has 2 aromatic heterocycles. The van der Waals surface area contributed by atoms with Crippen molar-refractivity contribution in [3.8, 4) is 22.5 Å². The van der Waals surface area contributed by atoms with Gasteiger partial charge in [-0.15, -0.1) is 0 Å². The average molecular weight is 726 g/mol. The summed E-state index contributed by atoms with van der Waals surface area (Å²) < 4.78 is 47.7. The molecule has 10 rings (SSSR count). The highest BCUT2D eigenvalue weighted by Crippen LogP contribution is 2.42. The zero-order chi connectivity index (χ0) is 42.4. The number of para-hydroxylation sites is 2. The van der Waals surface area contributed by atoms with Gasteiger partial charge in [-0.2, -0.15) is 0 Å². The van der Waals surface area contributed by atoms with Crippen LogP contribution < -0.4 is 0 Å². The smallest absolute Gasteiger partial charge is 0.0629 e. The summed E-state index contributed by atoms with van der Waals surface area (Å²) >= 11 is 0. The fourth-order valence-electron chi connectivity index (χ4n) is 8.68. The van der Waals surface area contributed by atoms with Crippen molar-refractivity contribution in [2.24, 2.45) is 0 Å². The number of hydrogen-bond acceptors (Lipinski definition) is 0. The summed E-state index contributed by atoms with van der Waals surface area (Å²) in [6.07, 6.45) is 0. The second-order valence-electron chi connectivity index (χ2n) is 15.9. The Kier molecular flexibility index (Phi) is 6.67. The highest BCUT2D eigenvalue weighted by Gasteiger charge is 2.30. The maximum Gasteiger partial charge on any atom is 0.0629 e. The number of rotatable bonds is 7. The van der Waals surface area contributed by atoms with Crippen molar-refractivity contribution >= 4 is 43.6 Å². The van der Waals surface area contributed by atoms with Crippen LogP contribution in [0.25, 0.3) is 66.1 Å². The molecule has 0 N–H and O–H groups in total. The lowest BCUT2D eigenvalue weighted by atomic mass is 9.73. The van der Waals surface area contributed by atoms with Gasteiger partial charge in [-0.05, 0) is 88.0 Å². The van der Waals surface area contributed by atoms with E-state index in [9.17, 15) is 0 Å². The lowest BCUT2D eigenvalue weighted by molar-refractivity contribution is 0.616. The molecular formula is C54H44N2. The van der Waals surface area contributed by atoms with E-state index in [1.807, 2.05) is 18.2 Å². The molecular weight excluding hydrogens is 677 g/mol. The third kappa shape index (κ3) is 5.39. The van der Waals surface area contributed by atoms with Crippen molar-refractivity contribution in [1.29, 1.82) is 0 Å². The van der Waals surface area contributed by atoms with Crippen LogP contribution in [0.3, 0.4) is 0 Å². The van der Waals surface area contributed by atoms with Crippen LogP contribution in [0, 0.1) is 0 Å². The van der Waals surface area contributed by atoms with Crippen LogP contribution >= 0.6 is 0 Å². The molecule has 0 aliphatic heterocycles. The van der Waals surface area contributed by atoms with Gasteiger partial charge in [0.15, 0.2) is 0 Å². The van der Waals surface area contributed by atoms with Gasteiger partial charge in [0.25, 0.3) is 0 Å². The minimum absolute atomic E-state index is 0.186. The molecule has 0 amide bonds. The van der Waals surface area contributed by atoms with Crippen LogP contribution in [0.4, 0.5) is 0 Å². The van der Waals surface area contributed by atoms with Crippen molar-refractivity contribution in [1.82, 2.24) is 9.13 Å². The molecule has 0 fully saturated rings. The van der Waals surface area contributed by atoms with Crippen molar-refractivity contribution < 1.29 is 6.85 Å². The Balaban J connectivity index is 1.30. The molecule has 10 aromatic rings. The fourth-order valence-corrected chi connectivity index (χ4v) is 8.68. The standard InChI is InChI=1S/C54H44N2/c1-53(2,39-20-10-6-11-21-39)41-33-42(54(3,4)40-22-12-7-13-23-40)35-44(34-41)56-51-30-28-38(37-18-8-5-9-19-37)32-47(51)48-36-43(29-31-52(48)56)55-49-26-16-14-24-45(49)46-25-15-17-27-50(46)55/h5-36H,1-4H3/i5D,8D,9D,18D,19D. The highest BCUT2D eigenvalue weighted by atomic mass is 15.0. The number of benzene rings is 8. The van der Waals surface area contributed by atoms with Gasteiger partial charge in [0, 0.05) is 43.7 Å². The van der Waals surface area contributed by atoms with Crippen LogP contribution in [0.5, 0.6) is 0 Å².